The third-order valence-corrected chi connectivity index (χ3v) is 2.46. The lowest BCUT2D eigenvalue weighted by Gasteiger charge is -2.26. The Labute approximate surface area is 106 Å². The molecular formula is C11H19NO6. The molecule has 18 heavy (non-hydrogen) atoms. The average molecular weight is 261 g/mol. The molecule has 0 saturated carbocycles. The molecule has 0 aliphatic rings. The maximum Gasteiger partial charge on any atom is 0.407 e. The van der Waals surface area contributed by atoms with Gasteiger partial charge in [0.15, 0.2) is 5.92 Å². The lowest BCUT2D eigenvalue weighted by Crippen LogP contribution is -2.50. The lowest BCUT2D eigenvalue weighted by molar-refractivity contribution is -0.160. The number of methoxy groups -OCH3 is 3. The van der Waals surface area contributed by atoms with Gasteiger partial charge in [0, 0.05) is 0 Å². The minimum atomic E-state index is -1.22. The fourth-order valence-electron chi connectivity index (χ4n) is 1.47. The molecule has 0 aliphatic heterocycles. The van der Waals surface area contributed by atoms with Gasteiger partial charge in [0.2, 0.25) is 0 Å². The van der Waals surface area contributed by atoms with Gasteiger partial charge in [-0.1, -0.05) is 13.8 Å². The number of alkyl carbamates (subject to hydrolysis) is 1. The summed E-state index contributed by atoms with van der Waals surface area (Å²) in [7, 11) is 3.51. The zero-order valence-corrected chi connectivity index (χ0v) is 11.2. The summed E-state index contributed by atoms with van der Waals surface area (Å²) < 4.78 is 13.6. The number of ether oxygens (including phenoxy) is 3. The van der Waals surface area contributed by atoms with Crippen LogP contribution < -0.4 is 5.32 Å². The monoisotopic (exact) mass is 261 g/mol. The molecule has 7 nitrogen and oxygen atoms in total. The topological polar surface area (TPSA) is 90.9 Å². The van der Waals surface area contributed by atoms with Crippen molar-refractivity contribution in [2.75, 3.05) is 21.3 Å². The van der Waals surface area contributed by atoms with E-state index in [2.05, 4.69) is 19.5 Å². The van der Waals surface area contributed by atoms with E-state index >= 15 is 0 Å². The third kappa shape index (κ3) is 4.23. The normalized spacial score (nSPS) is 11.9. The van der Waals surface area contributed by atoms with E-state index < -0.39 is 30.0 Å². The first-order valence-electron chi connectivity index (χ1n) is 5.39. The van der Waals surface area contributed by atoms with E-state index in [4.69, 9.17) is 0 Å². The van der Waals surface area contributed by atoms with Gasteiger partial charge in [-0.05, 0) is 5.92 Å². The van der Waals surface area contributed by atoms with Crippen LogP contribution in [-0.4, -0.2) is 45.4 Å². The number of carbonyl (C=O) groups excluding carboxylic acids is 3. The van der Waals surface area contributed by atoms with Crippen LogP contribution in [0.2, 0.25) is 0 Å². The van der Waals surface area contributed by atoms with E-state index in [-0.39, 0.29) is 5.92 Å². The van der Waals surface area contributed by atoms with Crippen molar-refractivity contribution in [3.05, 3.63) is 0 Å². The van der Waals surface area contributed by atoms with Gasteiger partial charge in [-0.3, -0.25) is 9.59 Å². The zero-order valence-electron chi connectivity index (χ0n) is 11.2. The van der Waals surface area contributed by atoms with Crippen LogP contribution in [0.15, 0.2) is 0 Å². The molecule has 0 spiro atoms. The Bertz CT molecular complexity index is 299. The van der Waals surface area contributed by atoms with Crippen LogP contribution in [0.25, 0.3) is 0 Å². The molecule has 0 aromatic carbocycles. The van der Waals surface area contributed by atoms with Crippen LogP contribution in [0.4, 0.5) is 4.79 Å². The van der Waals surface area contributed by atoms with Gasteiger partial charge >= 0.3 is 18.0 Å². The first kappa shape index (κ1) is 16.2. The van der Waals surface area contributed by atoms with Crippen molar-refractivity contribution in [1.29, 1.82) is 0 Å². The van der Waals surface area contributed by atoms with Gasteiger partial charge in [-0.2, -0.15) is 0 Å². The average Bonchev–Trinajstić information content (AvgIpc) is 2.36. The summed E-state index contributed by atoms with van der Waals surface area (Å²) in [5.41, 5.74) is 0. The van der Waals surface area contributed by atoms with Crippen molar-refractivity contribution in [1.82, 2.24) is 5.32 Å². The highest BCUT2D eigenvalue weighted by Crippen LogP contribution is 2.16. The van der Waals surface area contributed by atoms with Gasteiger partial charge in [0.25, 0.3) is 0 Å². The molecule has 0 heterocycles. The number of hydrogen-bond acceptors (Lipinski definition) is 6. The van der Waals surface area contributed by atoms with Gasteiger partial charge in [0.05, 0.1) is 27.4 Å². The maximum absolute atomic E-state index is 11.6. The number of rotatable bonds is 5. The standard InChI is InChI=1S/C11H19NO6/c1-6(2)8(12-11(15)18-5)7(9(13)16-3)10(14)17-4/h6-8H,1-5H3,(H,12,15)/t8-/m0/s1. The second-order valence-electron chi connectivity index (χ2n) is 3.93. The van der Waals surface area contributed by atoms with E-state index in [0.717, 1.165) is 14.2 Å². The van der Waals surface area contributed by atoms with Crippen LogP contribution in [0.3, 0.4) is 0 Å². The molecule has 1 atom stereocenters. The Hall–Kier alpha value is -1.79. The van der Waals surface area contributed by atoms with Crippen molar-refractivity contribution in [3.63, 3.8) is 0 Å². The second-order valence-corrected chi connectivity index (χ2v) is 3.93. The van der Waals surface area contributed by atoms with Crippen LogP contribution in [0.5, 0.6) is 0 Å². The molecule has 0 aromatic rings. The van der Waals surface area contributed by atoms with E-state index in [9.17, 15) is 14.4 Å². The fourth-order valence-corrected chi connectivity index (χ4v) is 1.47. The summed E-state index contributed by atoms with van der Waals surface area (Å²) in [6, 6.07) is -0.766. The number of amides is 1. The molecule has 1 amide bonds. The fraction of sp³-hybridized carbons (Fsp3) is 0.727. The SMILES string of the molecule is COC(=O)N[C@@H](C(C)C)C(C(=O)OC)C(=O)OC. The second kappa shape index (κ2) is 7.52. The zero-order chi connectivity index (χ0) is 14.3. The highest BCUT2D eigenvalue weighted by atomic mass is 16.5. The molecule has 0 aromatic heterocycles. The third-order valence-electron chi connectivity index (χ3n) is 2.46. The minimum Gasteiger partial charge on any atom is -0.468 e. The van der Waals surface area contributed by atoms with Crippen molar-refractivity contribution in [2.24, 2.45) is 11.8 Å². The smallest absolute Gasteiger partial charge is 0.407 e. The molecule has 7 heteroatoms. The van der Waals surface area contributed by atoms with Crippen LogP contribution in [0, 0.1) is 11.8 Å². The Morgan fingerprint density at radius 3 is 1.61 bits per heavy atom. The van der Waals surface area contributed by atoms with E-state index in [1.54, 1.807) is 13.8 Å². The highest BCUT2D eigenvalue weighted by Gasteiger charge is 2.39. The Kier molecular flexibility index (Phi) is 6.77. The molecule has 0 fully saturated rings. The highest BCUT2D eigenvalue weighted by molar-refractivity contribution is 5.96. The maximum atomic E-state index is 11.6. The summed E-state index contributed by atoms with van der Waals surface area (Å²) in [4.78, 5) is 34.4. The van der Waals surface area contributed by atoms with Gasteiger partial charge in [0.1, 0.15) is 0 Å². The molecule has 0 unspecified atom stereocenters. The predicted molar refractivity (Wildman–Crippen MR) is 61.7 cm³/mol. The van der Waals surface area contributed by atoms with Crippen molar-refractivity contribution >= 4 is 18.0 Å². The van der Waals surface area contributed by atoms with Crippen LogP contribution >= 0.6 is 0 Å². The molecular weight excluding hydrogens is 242 g/mol. The summed E-state index contributed by atoms with van der Waals surface area (Å²) in [5.74, 6) is -2.94. The Balaban J connectivity index is 5.15. The number of esters is 2. The van der Waals surface area contributed by atoms with Crippen molar-refractivity contribution in [2.45, 2.75) is 19.9 Å². The first-order chi connectivity index (χ1) is 8.38. The first-order valence-corrected chi connectivity index (χ1v) is 5.39. The molecule has 0 saturated heterocycles. The number of carbonyl (C=O) groups is 3. The van der Waals surface area contributed by atoms with Gasteiger partial charge < -0.3 is 19.5 Å². The Morgan fingerprint density at radius 2 is 1.33 bits per heavy atom. The Morgan fingerprint density at radius 1 is 0.889 bits per heavy atom. The number of hydrogen-bond donors (Lipinski definition) is 1. The minimum absolute atomic E-state index is 0.188. The molecule has 0 radical (unpaired) electrons. The molecule has 0 bridgehead atoms. The number of nitrogens with one attached hydrogen (secondary N) is 1. The molecule has 1 N–H and O–H groups in total. The van der Waals surface area contributed by atoms with Gasteiger partial charge in [-0.25, -0.2) is 4.79 Å². The van der Waals surface area contributed by atoms with Crippen molar-refractivity contribution in [3.8, 4) is 0 Å². The largest absolute Gasteiger partial charge is 0.468 e. The summed E-state index contributed by atoms with van der Waals surface area (Å²) in [5, 5.41) is 2.43. The molecule has 0 rings (SSSR count). The molecule has 104 valence electrons. The summed E-state index contributed by atoms with van der Waals surface area (Å²) in [6.45, 7) is 3.50. The van der Waals surface area contributed by atoms with E-state index in [1.807, 2.05) is 0 Å². The predicted octanol–water partition coefficient (Wildman–Crippen LogP) is 0.329. The van der Waals surface area contributed by atoms with E-state index in [1.165, 1.54) is 7.11 Å². The van der Waals surface area contributed by atoms with Crippen molar-refractivity contribution < 1.29 is 28.6 Å². The van der Waals surface area contributed by atoms with Crippen LogP contribution in [-0.2, 0) is 23.8 Å². The summed E-state index contributed by atoms with van der Waals surface area (Å²) in [6.07, 6.45) is -0.730. The van der Waals surface area contributed by atoms with Gasteiger partial charge in [-0.15, -0.1) is 0 Å². The summed E-state index contributed by atoms with van der Waals surface area (Å²) >= 11 is 0. The quantitative estimate of drug-likeness (QED) is 0.435. The molecule has 0 aliphatic carbocycles. The van der Waals surface area contributed by atoms with E-state index in [0.29, 0.717) is 0 Å². The lowest BCUT2D eigenvalue weighted by atomic mass is 9.90. The van der Waals surface area contributed by atoms with Crippen LogP contribution in [0.1, 0.15) is 13.8 Å².